The van der Waals surface area contributed by atoms with E-state index in [1.165, 1.54) is 6.92 Å². The molecule has 0 bridgehead atoms. The Hall–Kier alpha value is -2.05. The maximum absolute atomic E-state index is 12.2. The summed E-state index contributed by atoms with van der Waals surface area (Å²) in [6, 6.07) is 3.82. The van der Waals surface area contributed by atoms with Crippen LogP contribution in [0.2, 0.25) is 0 Å². The number of hydrogen-bond donors (Lipinski definition) is 2. The molecule has 2 rings (SSSR count). The number of nitrogens with one attached hydrogen (secondary N) is 2. The van der Waals surface area contributed by atoms with Crippen molar-refractivity contribution in [2.45, 2.75) is 25.6 Å². The van der Waals surface area contributed by atoms with Crippen molar-refractivity contribution < 1.29 is 18.0 Å². The van der Waals surface area contributed by atoms with E-state index in [-0.39, 0.29) is 0 Å². The van der Waals surface area contributed by atoms with E-state index in [9.17, 15) is 18.0 Å². The van der Waals surface area contributed by atoms with Gasteiger partial charge in [0, 0.05) is 17.0 Å². The number of fused-ring (bicyclic) bond motifs is 1. The second-order valence-corrected chi connectivity index (χ2v) is 4.37. The number of carbonyl (C=O) groups is 1. The van der Waals surface area contributed by atoms with Crippen LogP contribution in [0.15, 0.2) is 24.4 Å². The highest BCUT2D eigenvalue weighted by Crippen LogP contribution is 2.21. The topological polar surface area (TPSA) is 57.8 Å². The minimum absolute atomic E-state index is 0.297. The number of H-pyrrole nitrogens is 1. The van der Waals surface area contributed by atoms with Crippen molar-refractivity contribution in [3.05, 3.63) is 30.0 Å². The first kappa shape index (κ1) is 13.4. The largest absolute Gasteiger partial charge is 0.391 e. The maximum Gasteiger partial charge on any atom is 0.391 e. The van der Waals surface area contributed by atoms with Crippen LogP contribution in [0.5, 0.6) is 0 Å². The molecule has 1 atom stereocenters. The highest BCUT2D eigenvalue weighted by atomic mass is 19.4. The SMILES string of the molecule is CC(CC(F)(F)F)NC(=O)c1ccc2cn[nH]c2c1. The number of aromatic nitrogens is 2. The Kier molecular flexibility index (Phi) is 3.46. The zero-order chi connectivity index (χ0) is 14.0. The number of carbonyl (C=O) groups excluding carboxylic acids is 1. The standard InChI is InChI=1S/C12H12F3N3O/c1-7(5-12(13,14)15)17-11(19)8-2-3-9-6-16-18-10(9)4-8/h2-4,6-7H,5H2,1H3,(H,16,18)(H,17,19). The predicted molar refractivity (Wildman–Crippen MR) is 63.7 cm³/mol. The molecule has 0 aliphatic carbocycles. The van der Waals surface area contributed by atoms with E-state index in [0.29, 0.717) is 11.1 Å². The van der Waals surface area contributed by atoms with Crippen LogP contribution in [0, 0.1) is 0 Å². The van der Waals surface area contributed by atoms with Gasteiger partial charge in [-0.05, 0) is 19.1 Å². The first-order valence-corrected chi connectivity index (χ1v) is 5.66. The molecule has 1 aromatic carbocycles. The lowest BCUT2D eigenvalue weighted by atomic mass is 10.1. The molecule has 0 aliphatic rings. The summed E-state index contributed by atoms with van der Waals surface area (Å²) in [5, 5.41) is 9.65. The van der Waals surface area contributed by atoms with Crippen LogP contribution in [-0.4, -0.2) is 28.3 Å². The van der Waals surface area contributed by atoms with Gasteiger partial charge in [-0.1, -0.05) is 6.07 Å². The molecule has 0 saturated carbocycles. The van der Waals surface area contributed by atoms with Crippen molar-refractivity contribution in [2.24, 2.45) is 0 Å². The molecule has 102 valence electrons. The molecule has 0 fully saturated rings. The van der Waals surface area contributed by atoms with Crippen LogP contribution in [0.25, 0.3) is 10.9 Å². The van der Waals surface area contributed by atoms with Crippen LogP contribution < -0.4 is 5.32 Å². The van der Waals surface area contributed by atoms with Crippen LogP contribution in [0.4, 0.5) is 13.2 Å². The molecule has 0 spiro atoms. The van der Waals surface area contributed by atoms with Gasteiger partial charge in [-0.15, -0.1) is 0 Å². The highest BCUT2D eigenvalue weighted by Gasteiger charge is 2.30. The lowest BCUT2D eigenvalue weighted by molar-refractivity contribution is -0.138. The molecule has 1 aromatic heterocycles. The highest BCUT2D eigenvalue weighted by molar-refractivity contribution is 5.97. The van der Waals surface area contributed by atoms with E-state index in [1.807, 2.05) is 0 Å². The van der Waals surface area contributed by atoms with E-state index in [0.717, 1.165) is 5.39 Å². The van der Waals surface area contributed by atoms with Crippen molar-refractivity contribution >= 4 is 16.8 Å². The van der Waals surface area contributed by atoms with Crippen LogP contribution in [0.1, 0.15) is 23.7 Å². The van der Waals surface area contributed by atoms with E-state index in [1.54, 1.807) is 24.4 Å². The van der Waals surface area contributed by atoms with Crippen molar-refractivity contribution in [1.29, 1.82) is 0 Å². The summed E-state index contributed by atoms with van der Waals surface area (Å²) >= 11 is 0. The Balaban J connectivity index is 2.07. The summed E-state index contributed by atoms with van der Waals surface area (Å²) in [4.78, 5) is 11.8. The molecule has 1 heterocycles. The number of hydrogen-bond acceptors (Lipinski definition) is 2. The Labute approximate surface area is 107 Å². The molecule has 0 radical (unpaired) electrons. The number of alkyl halides is 3. The fraction of sp³-hybridized carbons (Fsp3) is 0.333. The minimum Gasteiger partial charge on any atom is -0.349 e. The molecule has 19 heavy (non-hydrogen) atoms. The molecule has 2 aromatic rings. The first-order chi connectivity index (χ1) is 8.85. The number of amides is 1. The second kappa shape index (κ2) is 4.91. The normalized spacial score (nSPS) is 13.5. The summed E-state index contributed by atoms with van der Waals surface area (Å²) in [5.41, 5.74) is 0.960. The van der Waals surface area contributed by atoms with Gasteiger partial charge in [0.15, 0.2) is 0 Å². The van der Waals surface area contributed by atoms with E-state index in [2.05, 4.69) is 15.5 Å². The average molecular weight is 271 g/mol. The van der Waals surface area contributed by atoms with Gasteiger partial charge in [-0.2, -0.15) is 18.3 Å². The number of nitrogens with zero attached hydrogens (tertiary/aromatic N) is 1. The number of rotatable bonds is 3. The van der Waals surface area contributed by atoms with Crippen molar-refractivity contribution in [3.63, 3.8) is 0 Å². The molecule has 1 unspecified atom stereocenters. The Bertz CT molecular complexity index is 591. The second-order valence-electron chi connectivity index (χ2n) is 4.37. The Morgan fingerprint density at radius 1 is 1.47 bits per heavy atom. The average Bonchev–Trinajstić information content (AvgIpc) is 2.72. The molecule has 0 aliphatic heterocycles. The minimum atomic E-state index is -4.29. The van der Waals surface area contributed by atoms with E-state index in [4.69, 9.17) is 0 Å². The van der Waals surface area contributed by atoms with Gasteiger partial charge in [-0.25, -0.2) is 0 Å². The number of aromatic amines is 1. The fourth-order valence-corrected chi connectivity index (χ4v) is 1.78. The van der Waals surface area contributed by atoms with Gasteiger partial charge >= 0.3 is 6.18 Å². The molecule has 7 heteroatoms. The zero-order valence-corrected chi connectivity index (χ0v) is 10.1. The molecule has 2 N–H and O–H groups in total. The molecule has 4 nitrogen and oxygen atoms in total. The molecular weight excluding hydrogens is 259 g/mol. The monoisotopic (exact) mass is 271 g/mol. The fourth-order valence-electron chi connectivity index (χ4n) is 1.78. The third-order valence-corrected chi connectivity index (χ3v) is 2.62. The van der Waals surface area contributed by atoms with Gasteiger partial charge in [0.05, 0.1) is 18.1 Å². The molecule has 1 amide bonds. The van der Waals surface area contributed by atoms with Crippen LogP contribution in [0.3, 0.4) is 0 Å². The Morgan fingerprint density at radius 2 is 2.21 bits per heavy atom. The Morgan fingerprint density at radius 3 is 2.89 bits per heavy atom. The van der Waals surface area contributed by atoms with Crippen molar-refractivity contribution in [2.75, 3.05) is 0 Å². The lowest BCUT2D eigenvalue weighted by Gasteiger charge is -2.15. The van der Waals surface area contributed by atoms with Gasteiger partial charge in [0.2, 0.25) is 0 Å². The third kappa shape index (κ3) is 3.46. The van der Waals surface area contributed by atoms with Crippen LogP contribution >= 0.6 is 0 Å². The van der Waals surface area contributed by atoms with Gasteiger partial charge in [0.1, 0.15) is 0 Å². The van der Waals surface area contributed by atoms with Crippen molar-refractivity contribution in [3.8, 4) is 0 Å². The van der Waals surface area contributed by atoms with Gasteiger partial charge in [-0.3, -0.25) is 9.89 Å². The number of halogens is 3. The maximum atomic E-state index is 12.2. The summed E-state index contributed by atoms with van der Waals surface area (Å²) < 4.78 is 36.5. The third-order valence-electron chi connectivity index (χ3n) is 2.62. The summed E-state index contributed by atoms with van der Waals surface area (Å²) in [7, 11) is 0. The summed E-state index contributed by atoms with van der Waals surface area (Å²) in [5.74, 6) is -0.534. The van der Waals surface area contributed by atoms with Crippen LogP contribution in [-0.2, 0) is 0 Å². The van der Waals surface area contributed by atoms with E-state index < -0.39 is 24.5 Å². The summed E-state index contributed by atoms with van der Waals surface area (Å²) in [6.45, 7) is 1.32. The van der Waals surface area contributed by atoms with Gasteiger partial charge in [0.25, 0.3) is 5.91 Å². The molecule has 0 saturated heterocycles. The van der Waals surface area contributed by atoms with Crippen molar-refractivity contribution in [1.82, 2.24) is 15.5 Å². The molecular formula is C12H12F3N3O. The summed E-state index contributed by atoms with van der Waals surface area (Å²) in [6.07, 6.45) is -3.74. The smallest absolute Gasteiger partial charge is 0.349 e. The zero-order valence-electron chi connectivity index (χ0n) is 10.1. The lowest BCUT2D eigenvalue weighted by Crippen LogP contribution is -2.35. The van der Waals surface area contributed by atoms with E-state index >= 15 is 0 Å². The quantitative estimate of drug-likeness (QED) is 0.901. The predicted octanol–water partition coefficient (Wildman–Crippen LogP) is 2.63. The number of benzene rings is 1. The first-order valence-electron chi connectivity index (χ1n) is 5.66. The van der Waals surface area contributed by atoms with Gasteiger partial charge < -0.3 is 5.32 Å².